The number of halogens is 5. The molecule has 3 rings (SSSR count). The molecule has 0 aliphatic rings. The highest BCUT2D eigenvalue weighted by Crippen LogP contribution is 2.14. The number of hydrogen-bond acceptors (Lipinski definition) is 4. The molecule has 0 atom stereocenters. The van der Waals surface area contributed by atoms with Crippen LogP contribution < -0.4 is 0 Å². The van der Waals surface area contributed by atoms with Crippen molar-refractivity contribution in [1.82, 2.24) is 15.0 Å². The van der Waals surface area contributed by atoms with Crippen LogP contribution in [0.1, 0.15) is 28.5 Å². The summed E-state index contributed by atoms with van der Waals surface area (Å²) in [6, 6.07) is 7.26. The van der Waals surface area contributed by atoms with Crippen LogP contribution in [0.5, 0.6) is 0 Å². The third-order valence-electron chi connectivity index (χ3n) is 3.60. The Kier molecular flexibility index (Phi) is 8.14. The number of carbonyl (C=O) groups is 1. The van der Waals surface area contributed by atoms with Crippen LogP contribution in [0, 0.1) is 23.3 Å². The van der Waals surface area contributed by atoms with Crippen molar-refractivity contribution in [2.45, 2.75) is 19.3 Å². The van der Waals surface area contributed by atoms with Gasteiger partial charge in [0.1, 0.15) is 23.3 Å². The molecule has 0 bridgehead atoms. The van der Waals surface area contributed by atoms with Crippen molar-refractivity contribution in [2.75, 3.05) is 6.61 Å². The molecule has 29 heavy (non-hydrogen) atoms. The van der Waals surface area contributed by atoms with Gasteiger partial charge in [-0.3, -0.25) is 0 Å². The van der Waals surface area contributed by atoms with Crippen LogP contribution in [0.3, 0.4) is 0 Å². The molecular formula is C19H16ClF4N3O2. The fraction of sp³-hybridized carbons (Fsp3) is 0.211. The maximum Gasteiger partial charge on any atom is 0.360 e. The number of hydrogen-bond donors (Lipinski definition) is 0. The Morgan fingerprint density at radius 3 is 1.97 bits per heavy atom. The Balaban J connectivity index is 0.000000253. The number of esters is 1. The van der Waals surface area contributed by atoms with Crippen LogP contribution in [0.25, 0.3) is 0 Å². The van der Waals surface area contributed by atoms with Gasteiger partial charge < -0.3 is 4.74 Å². The van der Waals surface area contributed by atoms with E-state index in [1.54, 1.807) is 6.92 Å². The van der Waals surface area contributed by atoms with Gasteiger partial charge in [0.2, 0.25) is 0 Å². The van der Waals surface area contributed by atoms with Gasteiger partial charge in [0, 0.05) is 11.1 Å². The zero-order valence-corrected chi connectivity index (χ0v) is 16.0. The van der Waals surface area contributed by atoms with Gasteiger partial charge in [-0.1, -0.05) is 17.3 Å². The van der Waals surface area contributed by atoms with Gasteiger partial charge in [0.25, 0.3) is 0 Å². The molecule has 0 spiro atoms. The monoisotopic (exact) mass is 429 g/mol. The first-order chi connectivity index (χ1) is 13.9. The molecule has 2 aromatic carbocycles. The summed E-state index contributed by atoms with van der Waals surface area (Å²) < 4.78 is 57.8. The number of rotatable bonds is 5. The van der Waals surface area contributed by atoms with E-state index >= 15 is 0 Å². The molecule has 10 heteroatoms. The molecule has 0 saturated carbocycles. The molecule has 1 aromatic heterocycles. The standard InChI is InChI=1S/C12H11F2N3O2.C7H5ClF2/c1-2-19-12(18)11-7-17(16-15-11)6-8-9(13)4-3-5-10(8)14;8-4-5-6(9)2-1-3-7(5)10/h3-5,7H,2,6H2,1H3;1-3H,4H2. The number of nitrogens with zero attached hydrogens (tertiary/aromatic N) is 3. The van der Waals surface area contributed by atoms with Gasteiger partial charge in [-0.2, -0.15) is 0 Å². The molecule has 1 heterocycles. The first-order valence-electron chi connectivity index (χ1n) is 8.36. The van der Waals surface area contributed by atoms with Gasteiger partial charge in [-0.05, 0) is 31.2 Å². The van der Waals surface area contributed by atoms with Crippen molar-refractivity contribution >= 4 is 17.6 Å². The van der Waals surface area contributed by atoms with E-state index in [1.807, 2.05) is 0 Å². The lowest BCUT2D eigenvalue weighted by Gasteiger charge is -2.03. The second-order valence-electron chi connectivity index (χ2n) is 5.56. The minimum absolute atomic E-state index is 0.00130. The molecule has 0 saturated heterocycles. The van der Waals surface area contributed by atoms with Crippen LogP contribution in [0.2, 0.25) is 0 Å². The summed E-state index contributed by atoms with van der Waals surface area (Å²) >= 11 is 5.26. The minimum atomic E-state index is -0.673. The predicted octanol–water partition coefficient (Wildman–Crippen LogP) is 4.48. The maximum atomic E-state index is 13.4. The van der Waals surface area contributed by atoms with Crippen molar-refractivity contribution in [2.24, 2.45) is 0 Å². The average Bonchev–Trinajstić information content (AvgIpc) is 3.15. The number of ether oxygens (including phenoxy) is 1. The first-order valence-corrected chi connectivity index (χ1v) is 8.89. The molecule has 154 valence electrons. The average molecular weight is 430 g/mol. The smallest absolute Gasteiger partial charge is 0.360 e. The molecular weight excluding hydrogens is 414 g/mol. The SMILES string of the molecule is CCOC(=O)c1cn(Cc2c(F)cccc2F)nn1.Fc1cccc(F)c1CCl. The number of benzene rings is 2. The highest BCUT2D eigenvalue weighted by atomic mass is 35.5. The zero-order valence-electron chi connectivity index (χ0n) is 15.2. The quantitative estimate of drug-likeness (QED) is 0.341. The van der Waals surface area contributed by atoms with Crippen LogP contribution >= 0.6 is 11.6 Å². The molecule has 5 nitrogen and oxygen atoms in total. The highest BCUT2D eigenvalue weighted by Gasteiger charge is 2.14. The molecule has 0 radical (unpaired) electrons. The summed E-state index contributed by atoms with van der Waals surface area (Å²) in [6.45, 7) is 1.73. The highest BCUT2D eigenvalue weighted by molar-refractivity contribution is 6.17. The summed E-state index contributed by atoms with van der Waals surface area (Å²) in [5.74, 6) is -3.27. The van der Waals surface area contributed by atoms with Gasteiger partial charge in [0.05, 0.1) is 25.2 Å². The molecule has 0 N–H and O–H groups in total. The number of alkyl halides is 1. The molecule has 0 fully saturated rings. The predicted molar refractivity (Wildman–Crippen MR) is 97.4 cm³/mol. The Morgan fingerprint density at radius 2 is 1.52 bits per heavy atom. The number of aromatic nitrogens is 3. The van der Waals surface area contributed by atoms with E-state index in [9.17, 15) is 22.4 Å². The minimum Gasteiger partial charge on any atom is -0.461 e. The van der Waals surface area contributed by atoms with Crippen molar-refractivity contribution in [3.8, 4) is 0 Å². The number of carbonyl (C=O) groups excluding carboxylic acids is 1. The fourth-order valence-corrected chi connectivity index (χ4v) is 2.43. The molecule has 3 aromatic rings. The lowest BCUT2D eigenvalue weighted by Crippen LogP contribution is -2.06. The van der Waals surface area contributed by atoms with Crippen molar-refractivity contribution in [1.29, 1.82) is 0 Å². The lowest BCUT2D eigenvalue weighted by atomic mass is 10.2. The second kappa shape index (κ2) is 10.6. The van der Waals surface area contributed by atoms with Gasteiger partial charge in [-0.15, -0.1) is 16.7 Å². The maximum absolute atomic E-state index is 13.4. The molecule has 0 amide bonds. The van der Waals surface area contributed by atoms with E-state index in [4.69, 9.17) is 16.3 Å². The summed E-state index contributed by atoms with van der Waals surface area (Å²) in [4.78, 5) is 11.4. The summed E-state index contributed by atoms with van der Waals surface area (Å²) in [5, 5.41) is 7.21. The van der Waals surface area contributed by atoms with Crippen LogP contribution in [-0.2, 0) is 17.2 Å². The van der Waals surface area contributed by atoms with E-state index in [-0.39, 0.29) is 35.9 Å². The molecule has 0 unspecified atom stereocenters. The Bertz CT molecular complexity index is 941. The van der Waals surface area contributed by atoms with E-state index in [1.165, 1.54) is 35.1 Å². The van der Waals surface area contributed by atoms with Gasteiger partial charge in [-0.25, -0.2) is 27.0 Å². The van der Waals surface area contributed by atoms with E-state index in [2.05, 4.69) is 10.3 Å². The van der Waals surface area contributed by atoms with Crippen molar-refractivity contribution in [3.05, 3.63) is 82.7 Å². The second-order valence-corrected chi connectivity index (χ2v) is 5.82. The van der Waals surface area contributed by atoms with Crippen LogP contribution in [0.15, 0.2) is 42.6 Å². The summed E-state index contributed by atoms with van der Waals surface area (Å²) in [7, 11) is 0. The van der Waals surface area contributed by atoms with Gasteiger partial charge in [0.15, 0.2) is 5.69 Å². The van der Waals surface area contributed by atoms with Gasteiger partial charge >= 0.3 is 5.97 Å². The van der Waals surface area contributed by atoms with E-state index < -0.39 is 29.2 Å². The largest absolute Gasteiger partial charge is 0.461 e. The fourth-order valence-electron chi connectivity index (χ4n) is 2.18. The first kappa shape index (κ1) is 22.4. The van der Waals surface area contributed by atoms with Crippen molar-refractivity contribution in [3.63, 3.8) is 0 Å². The van der Waals surface area contributed by atoms with Crippen molar-refractivity contribution < 1.29 is 27.1 Å². The lowest BCUT2D eigenvalue weighted by molar-refractivity contribution is 0.0519. The van der Waals surface area contributed by atoms with E-state index in [0.29, 0.717) is 0 Å². The topological polar surface area (TPSA) is 57.0 Å². The summed E-state index contributed by atoms with van der Waals surface area (Å²) in [5.41, 5.74) is -0.203. The Labute approximate surface area is 168 Å². The molecule has 0 aliphatic carbocycles. The Hall–Kier alpha value is -2.94. The normalized spacial score (nSPS) is 10.3. The third-order valence-corrected chi connectivity index (χ3v) is 3.87. The summed E-state index contributed by atoms with van der Waals surface area (Å²) in [6.07, 6.45) is 1.28. The van der Waals surface area contributed by atoms with Crippen LogP contribution in [-0.4, -0.2) is 27.6 Å². The Morgan fingerprint density at radius 1 is 1.00 bits per heavy atom. The zero-order chi connectivity index (χ0) is 21.4. The van der Waals surface area contributed by atoms with E-state index in [0.717, 1.165) is 12.1 Å². The van der Waals surface area contributed by atoms with Crippen LogP contribution in [0.4, 0.5) is 17.6 Å². The third kappa shape index (κ3) is 6.02. The molecule has 0 aliphatic heterocycles.